The largest absolute Gasteiger partial charge is 0.444 e. The number of hydrogen-bond donors (Lipinski definition) is 2. The SMILES string of the molecule is C#Cc1ccccc1C(C(=O)NCCCC)N(C(=O)C(NC(=O)OC(C)(C)C)C(C)CC)C(C)C. The van der Waals surface area contributed by atoms with Crippen LogP contribution >= 0.6 is 0 Å². The van der Waals surface area contributed by atoms with E-state index in [1.54, 1.807) is 45.0 Å². The highest BCUT2D eigenvalue weighted by molar-refractivity contribution is 5.93. The van der Waals surface area contributed by atoms with E-state index in [-0.39, 0.29) is 23.8 Å². The van der Waals surface area contributed by atoms with Crippen molar-refractivity contribution in [2.24, 2.45) is 5.92 Å². The van der Waals surface area contributed by atoms with Crippen molar-refractivity contribution in [3.8, 4) is 12.3 Å². The van der Waals surface area contributed by atoms with Gasteiger partial charge in [0.1, 0.15) is 17.7 Å². The summed E-state index contributed by atoms with van der Waals surface area (Å²) >= 11 is 0. The Balaban J connectivity index is 3.53. The van der Waals surface area contributed by atoms with Gasteiger partial charge in [-0.2, -0.15) is 0 Å². The number of carbonyl (C=O) groups excluding carboxylic acids is 3. The highest BCUT2D eigenvalue weighted by atomic mass is 16.6. The van der Waals surface area contributed by atoms with Crippen LogP contribution in [0.1, 0.15) is 91.8 Å². The fourth-order valence-corrected chi connectivity index (χ4v) is 3.73. The van der Waals surface area contributed by atoms with Gasteiger partial charge in [0.05, 0.1) is 0 Å². The Labute approximate surface area is 211 Å². The highest BCUT2D eigenvalue weighted by Gasteiger charge is 2.40. The Kier molecular flexibility index (Phi) is 11.8. The van der Waals surface area contributed by atoms with Crippen molar-refractivity contribution in [1.29, 1.82) is 0 Å². The Morgan fingerprint density at radius 1 is 1.11 bits per heavy atom. The lowest BCUT2D eigenvalue weighted by Gasteiger charge is -2.38. The lowest BCUT2D eigenvalue weighted by molar-refractivity contribution is -0.145. The van der Waals surface area contributed by atoms with Gasteiger partial charge in [-0.25, -0.2) is 4.79 Å². The highest BCUT2D eigenvalue weighted by Crippen LogP contribution is 2.29. The van der Waals surface area contributed by atoms with Crippen LogP contribution in [-0.4, -0.2) is 47.0 Å². The van der Waals surface area contributed by atoms with Crippen LogP contribution in [0, 0.1) is 18.3 Å². The first-order valence-corrected chi connectivity index (χ1v) is 12.5. The number of terminal acetylenes is 1. The van der Waals surface area contributed by atoms with Gasteiger partial charge < -0.3 is 20.3 Å². The molecule has 0 saturated carbocycles. The fraction of sp³-hybridized carbons (Fsp3) is 0.607. The summed E-state index contributed by atoms with van der Waals surface area (Å²) < 4.78 is 5.42. The summed E-state index contributed by atoms with van der Waals surface area (Å²) in [6, 6.07) is 4.98. The summed E-state index contributed by atoms with van der Waals surface area (Å²) in [6.45, 7) is 15.4. The summed E-state index contributed by atoms with van der Waals surface area (Å²) in [5.74, 6) is 1.79. The third-order valence-corrected chi connectivity index (χ3v) is 5.73. The van der Waals surface area contributed by atoms with Crippen LogP contribution in [0.4, 0.5) is 4.79 Å². The first-order chi connectivity index (χ1) is 16.4. The zero-order valence-corrected chi connectivity index (χ0v) is 22.6. The summed E-state index contributed by atoms with van der Waals surface area (Å²) in [4.78, 5) is 41.7. The maximum Gasteiger partial charge on any atom is 0.408 e. The van der Waals surface area contributed by atoms with Crippen molar-refractivity contribution in [3.63, 3.8) is 0 Å². The first kappa shape index (κ1) is 30.0. The van der Waals surface area contributed by atoms with Gasteiger partial charge in [-0.3, -0.25) is 9.59 Å². The molecule has 35 heavy (non-hydrogen) atoms. The van der Waals surface area contributed by atoms with Crippen LogP contribution in [0.25, 0.3) is 0 Å². The van der Waals surface area contributed by atoms with Crippen LogP contribution in [-0.2, 0) is 14.3 Å². The molecular formula is C28H43N3O4. The number of benzene rings is 1. The topological polar surface area (TPSA) is 87.7 Å². The molecule has 1 aromatic rings. The predicted octanol–water partition coefficient (Wildman–Crippen LogP) is 4.80. The predicted molar refractivity (Wildman–Crippen MR) is 140 cm³/mol. The number of unbranched alkanes of at least 4 members (excludes halogenated alkanes) is 1. The van der Waals surface area contributed by atoms with Crippen LogP contribution in [0.15, 0.2) is 24.3 Å². The average molecular weight is 486 g/mol. The maximum atomic E-state index is 14.1. The van der Waals surface area contributed by atoms with Crippen molar-refractivity contribution < 1.29 is 19.1 Å². The minimum absolute atomic E-state index is 0.192. The second-order valence-electron chi connectivity index (χ2n) is 10.1. The normalized spacial score (nSPS) is 13.8. The van der Waals surface area contributed by atoms with Crippen LogP contribution < -0.4 is 10.6 Å². The van der Waals surface area contributed by atoms with Crippen molar-refractivity contribution in [1.82, 2.24) is 15.5 Å². The van der Waals surface area contributed by atoms with Crippen molar-refractivity contribution >= 4 is 17.9 Å². The van der Waals surface area contributed by atoms with Gasteiger partial charge in [-0.05, 0) is 58.6 Å². The van der Waals surface area contributed by atoms with Gasteiger partial charge in [0.25, 0.3) is 0 Å². The molecule has 7 heteroatoms. The number of carbonyl (C=O) groups is 3. The second-order valence-corrected chi connectivity index (χ2v) is 10.1. The molecule has 0 heterocycles. The van der Waals surface area contributed by atoms with Crippen LogP contribution in [0.5, 0.6) is 0 Å². The third-order valence-electron chi connectivity index (χ3n) is 5.73. The molecule has 0 aliphatic carbocycles. The van der Waals surface area contributed by atoms with Crippen LogP contribution in [0.3, 0.4) is 0 Å². The fourth-order valence-electron chi connectivity index (χ4n) is 3.73. The molecule has 0 saturated heterocycles. The molecule has 0 aliphatic heterocycles. The second kappa shape index (κ2) is 13.8. The molecule has 1 rings (SSSR count). The van der Waals surface area contributed by atoms with E-state index in [2.05, 4.69) is 16.6 Å². The molecule has 3 atom stereocenters. The molecule has 7 nitrogen and oxygen atoms in total. The number of nitrogens with zero attached hydrogens (tertiary/aromatic N) is 1. The molecule has 0 aromatic heterocycles. The van der Waals surface area contributed by atoms with Crippen molar-refractivity contribution in [3.05, 3.63) is 35.4 Å². The first-order valence-electron chi connectivity index (χ1n) is 12.5. The van der Waals surface area contributed by atoms with E-state index in [1.807, 2.05) is 34.6 Å². The van der Waals surface area contributed by atoms with Crippen LogP contribution in [0.2, 0.25) is 0 Å². The summed E-state index contributed by atoms with van der Waals surface area (Å²) in [7, 11) is 0. The minimum Gasteiger partial charge on any atom is -0.444 e. The lowest BCUT2D eigenvalue weighted by Crippen LogP contribution is -2.57. The van der Waals surface area contributed by atoms with Gasteiger partial charge >= 0.3 is 6.09 Å². The number of ether oxygens (including phenoxy) is 1. The molecule has 2 N–H and O–H groups in total. The van der Waals surface area contributed by atoms with E-state index in [9.17, 15) is 14.4 Å². The van der Waals surface area contributed by atoms with Gasteiger partial charge in [0.2, 0.25) is 11.8 Å². The Bertz CT molecular complexity index is 898. The van der Waals surface area contributed by atoms with Crippen molar-refractivity contribution in [2.45, 2.75) is 98.4 Å². The molecule has 194 valence electrons. The molecule has 0 spiro atoms. The molecule has 0 radical (unpaired) electrons. The molecule has 0 aliphatic rings. The Morgan fingerprint density at radius 2 is 1.74 bits per heavy atom. The molecule has 1 aromatic carbocycles. The third kappa shape index (κ3) is 8.93. The molecule has 3 unspecified atom stereocenters. The van der Waals surface area contributed by atoms with Crippen molar-refractivity contribution in [2.75, 3.05) is 6.54 Å². The monoisotopic (exact) mass is 485 g/mol. The lowest BCUT2D eigenvalue weighted by atomic mass is 9.93. The van der Waals surface area contributed by atoms with Gasteiger partial charge in [-0.1, -0.05) is 57.7 Å². The standard InChI is InChI=1S/C28H43N3O4/c1-10-13-18-29-25(32)24(22-17-15-14-16-21(22)12-3)31(19(4)5)26(33)23(20(6)11-2)30-27(34)35-28(7,8)9/h3,14-17,19-20,23-24H,10-11,13,18H2,1-2,4-9H3,(H,29,32)(H,30,34). The van der Waals surface area contributed by atoms with Gasteiger partial charge in [-0.15, -0.1) is 6.42 Å². The Hall–Kier alpha value is -3.01. The number of alkyl carbamates (subject to hydrolysis) is 1. The number of rotatable bonds is 11. The van der Waals surface area contributed by atoms with E-state index in [0.717, 1.165) is 12.8 Å². The summed E-state index contributed by atoms with van der Waals surface area (Å²) in [5, 5.41) is 5.73. The van der Waals surface area contributed by atoms with E-state index < -0.39 is 23.8 Å². The molecule has 0 bridgehead atoms. The minimum atomic E-state index is -0.946. The smallest absolute Gasteiger partial charge is 0.408 e. The van der Waals surface area contributed by atoms with E-state index in [4.69, 9.17) is 11.2 Å². The number of nitrogens with one attached hydrogen (secondary N) is 2. The maximum absolute atomic E-state index is 14.1. The number of hydrogen-bond acceptors (Lipinski definition) is 4. The average Bonchev–Trinajstić information content (AvgIpc) is 2.78. The summed E-state index contributed by atoms with van der Waals surface area (Å²) in [6.07, 6.45) is 7.48. The number of amides is 3. The zero-order valence-electron chi connectivity index (χ0n) is 22.6. The molecule has 0 fully saturated rings. The van der Waals surface area contributed by atoms with Gasteiger partial charge in [0.15, 0.2) is 0 Å². The summed E-state index contributed by atoms with van der Waals surface area (Å²) in [5.41, 5.74) is 0.409. The molecule has 3 amide bonds. The van der Waals surface area contributed by atoms with E-state index >= 15 is 0 Å². The zero-order chi connectivity index (χ0) is 26.8. The quantitative estimate of drug-likeness (QED) is 0.348. The van der Waals surface area contributed by atoms with Gasteiger partial charge in [0, 0.05) is 18.2 Å². The molecular weight excluding hydrogens is 442 g/mol. The Morgan fingerprint density at radius 3 is 2.26 bits per heavy atom. The van der Waals surface area contributed by atoms with E-state index in [1.165, 1.54) is 4.90 Å². The van der Waals surface area contributed by atoms with E-state index in [0.29, 0.717) is 24.1 Å².